The number of sulfonamides is 1. The lowest BCUT2D eigenvalue weighted by atomic mass is 10.0. The van der Waals surface area contributed by atoms with E-state index in [1.54, 1.807) is 48.5 Å². The molecule has 1 N–H and O–H groups in total. The van der Waals surface area contributed by atoms with Crippen LogP contribution in [-0.4, -0.2) is 43.8 Å². The second-order valence-corrected chi connectivity index (χ2v) is 14.1. The van der Waals surface area contributed by atoms with Gasteiger partial charge in [0.1, 0.15) is 12.6 Å². The first-order chi connectivity index (χ1) is 21.9. The molecule has 2 amide bonds. The standard InChI is InChI=1S/C37H42ClN3O4S/c1-6-29(5)39-37(43)35(23-30-11-8-7-9-12-30)40(24-31-13-10-14-32(38)22-31)36(42)25-41(34-21-27(3)15-18-28(34)4)46(44,45)33-19-16-26(2)17-20-33/h7-22,29,35H,6,23-25H2,1-5H3,(H,39,43). The van der Waals surface area contributed by atoms with Crippen LogP contribution in [0.4, 0.5) is 5.69 Å². The molecule has 4 rings (SSSR count). The van der Waals surface area contributed by atoms with Crippen LogP contribution in [-0.2, 0) is 32.6 Å². The Bertz CT molecular complexity index is 1760. The van der Waals surface area contributed by atoms with Crippen molar-refractivity contribution in [2.75, 3.05) is 10.8 Å². The quantitative estimate of drug-likeness (QED) is 0.167. The van der Waals surface area contributed by atoms with E-state index in [9.17, 15) is 18.0 Å². The van der Waals surface area contributed by atoms with Crippen LogP contribution in [0.3, 0.4) is 0 Å². The Morgan fingerprint density at radius 1 is 0.826 bits per heavy atom. The van der Waals surface area contributed by atoms with Crippen molar-refractivity contribution in [3.63, 3.8) is 0 Å². The molecule has 0 bridgehead atoms. The first-order valence-electron chi connectivity index (χ1n) is 15.4. The predicted molar refractivity (Wildman–Crippen MR) is 185 cm³/mol. The molecule has 46 heavy (non-hydrogen) atoms. The molecule has 0 aliphatic heterocycles. The van der Waals surface area contributed by atoms with Crippen molar-refractivity contribution < 1.29 is 18.0 Å². The number of amides is 2. The van der Waals surface area contributed by atoms with Gasteiger partial charge in [0.25, 0.3) is 10.0 Å². The van der Waals surface area contributed by atoms with Crippen molar-refractivity contribution in [2.45, 2.75) is 71.0 Å². The molecule has 0 saturated carbocycles. The molecule has 0 aliphatic rings. The monoisotopic (exact) mass is 659 g/mol. The van der Waals surface area contributed by atoms with E-state index in [1.165, 1.54) is 9.21 Å². The van der Waals surface area contributed by atoms with Gasteiger partial charge >= 0.3 is 0 Å². The SMILES string of the molecule is CCC(C)NC(=O)C(Cc1ccccc1)N(Cc1cccc(Cl)c1)C(=O)CN(c1cc(C)ccc1C)S(=O)(=O)c1ccc(C)cc1. The molecule has 242 valence electrons. The van der Waals surface area contributed by atoms with Gasteiger partial charge in [0.05, 0.1) is 10.6 Å². The van der Waals surface area contributed by atoms with Crippen LogP contribution in [0.1, 0.15) is 48.1 Å². The average Bonchev–Trinajstić information content (AvgIpc) is 3.03. The zero-order chi connectivity index (χ0) is 33.4. The molecule has 4 aromatic carbocycles. The lowest BCUT2D eigenvalue weighted by molar-refractivity contribution is -0.140. The summed E-state index contributed by atoms with van der Waals surface area (Å²) in [7, 11) is -4.18. The van der Waals surface area contributed by atoms with Gasteiger partial charge in [-0.05, 0) is 86.7 Å². The lowest BCUT2D eigenvalue weighted by Gasteiger charge is -2.34. The van der Waals surface area contributed by atoms with Gasteiger partial charge in [-0.3, -0.25) is 13.9 Å². The van der Waals surface area contributed by atoms with Gasteiger partial charge in [-0.1, -0.05) is 90.8 Å². The lowest BCUT2D eigenvalue weighted by Crippen LogP contribution is -2.54. The zero-order valence-corrected chi connectivity index (χ0v) is 28.6. The van der Waals surface area contributed by atoms with E-state index in [4.69, 9.17) is 11.6 Å². The van der Waals surface area contributed by atoms with E-state index < -0.39 is 28.5 Å². The van der Waals surface area contributed by atoms with E-state index in [-0.39, 0.29) is 29.8 Å². The van der Waals surface area contributed by atoms with Crippen molar-refractivity contribution in [2.24, 2.45) is 0 Å². The minimum absolute atomic E-state index is 0.0516. The fraction of sp³-hybridized carbons (Fsp3) is 0.297. The summed E-state index contributed by atoms with van der Waals surface area (Å²) in [6.45, 7) is 9.01. The minimum atomic E-state index is -4.18. The number of nitrogens with zero attached hydrogens (tertiary/aromatic N) is 2. The van der Waals surface area contributed by atoms with Crippen LogP contribution in [0.5, 0.6) is 0 Å². The molecular weight excluding hydrogens is 618 g/mol. The fourth-order valence-corrected chi connectivity index (χ4v) is 6.85. The van der Waals surface area contributed by atoms with Gasteiger partial charge in [0.15, 0.2) is 0 Å². The number of hydrogen-bond donors (Lipinski definition) is 1. The van der Waals surface area contributed by atoms with Crippen molar-refractivity contribution >= 4 is 39.1 Å². The number of carbonyl (C=O) groups is 2. The summed E-state index contributed by atoms with van der Waals surface area (Å²) in [6, 6.07) is 27.6. The molecule has 2 atom stereocenters. The molecule has 0 radical (unpaired) electrons. The number of benzene rings is 4. The van der Waals surface area contributed by atoms with Gasteiger partial charge in [-0.15, -0.1) is 0 Å². The third-order valence-corrected chi connectivity index (χ3v) is 10.0. The van der Waals surface area contributed by atoms with Crippen molar-refractivity contribution in [1.82, 2.24) is 10.2 Å². The maximum absolute atomic E-state index is 14.6. The summed E-state index contributed by atoms with van der Waals surface area (Å²) in [4.78, 5) is 30.2. The molecule has 4 aromatic rings. The summed E-state index contributed by atoms with van der Waals surface area (Å²) in [5.41, 5.74) is 4.45. The van der Waals surface area contributed by atoms with Crippen molar-refractivity contribution in [3.8, 4) is 0 Å². The largest absolute Gasteiger partial charge is 0.352 e. The van der Waals surface area contributed by atoms with Gasteiger partial charge in [0, 0.05) is 24.0 Å². The van der Waals surface area contributed by atoms with E-state index >= 15 is 0 Å². The van der Waals surface area contributed by atoms with Crippen LogP contribution < -0.4 is 9.62 Å². The van der Waals surface area contributed by atoms with E-state index in [1.807, 2.05) is 83.1 Å². The predicted octanol–water partition coefficient (Wildman–Crippen LogP) is 7.02. The molecule has 2 unspecified atom stereocenters. The molecule has 7 nitrogen and oxygen atoms in total. The second-order valence-electron chi connectivity index (χ2n) is 11.8. The Labute approximate surface area is 278 Å². The highest BCUT2D eigenvalue weighted by Crippen LogP contribution is 2.29. The first kappa shape index (κ1) is 34.7. The summed E-state index contributed by atoms with van der Waals surface area (Å²) >= 11 is 6.33. The van der Waals surface area contributed by atoms with Crippen LogP contribution in [0.15, 0.2) is 102 Å². The summed E-state index contributed by atoms with van der Waals surface area (Å²) in [5.74, 6) is -0.829. The number of halogens is 1. The van der Waals surface area contributed by atoms with Gasteiger partial charge in [-0.2, -0.15) is 0 Å². The molecular formula is C37H42ClN3O4S. The van der Waals surface area contributed by atoms with E-state index in [2.05, 4.69) is 5.32 Å². The highest BCUT2D eigenvalue weighted by atomic mass is 35.5. The molecule has 0 spiro atoms. The summed E-state index contributed by atoms with van der Waals surface area (Å²) < 4.78 is 29.8. The van der Waals surface area contributed by atoms with Crippen LogP contribution in [0.25, 0.3) is 0 Å². The van der Waals surface area contributed by atoms with Gasteiger partial charge in [-0.25, -0.2) is 8.42 Å². The minimum Gasteiger partial charge on any atom is -0.352 e. The van der Waals surface area contributed by atoms with Crippen LogP contribution in [0, 0.1) is 20.8 Å². The molecule has 0 aromatic heterocycles. The highest BCUT2D eigenvalue weighted by molar-refractivity contribution is 7.92. The maximum atomic E-state index is 14.6. The Morgan fingerprint density at radius 3 is 2.13 bits per heavy atom. The normalized spacial score (nSPS) is 12.7. The van der Waals surface area contributed by atoms with Crippen LogP contribution >= 0.6 is 11.6 Å². The summed E-state index contributed by atoms with van der Waals surface area (Å²) in [6.07, 6.45) is 0.949. The molecule has 0 saturated heterocycles. The second kappa shape index (κ2) is 15.4. The topological polar surface area (TPSA) is 86.8 Å². The fourth-order valence-electron chi connectivity index (χ4n) is 5.17. The molecule has 0 aliphatic carbocycles. The third-order valence-electron chi connectivity index (χ3n) is 8.04. The van der Waals surface area contributed by atoms with E-state index in [0.29, 0.717) is 22.7 Å². The summed E-state index contributed by atoms with van der Waals surface area (Å²) in [5, 5.41) is 3.55. The first-order valence-corrected chi connectivity index (χ1v) is 17.3. The Balaban J connectivity index is 1.84. The average molecular weight is 660 g/mol. The highest BCUT2D eigenvalue weighted by Gasteiger charge is 2.35. The molecule has 0 heterocycles. The number of rotatable bonds is 13. The Morgan fingerprint density at radius 2 is 1.48 bits per heavy atom. The third kappa shape index (κ3) is 8.77. The van der Waals surface area contributed by atoms with E-state index in [0.717, 1.165) is 22.3 Å². The Hall–Kier alpha value is -4.14. The smallest absolute Gasteiger partial charge is 0.264 e. The number of carbonyl (C=O) groups excluding carboxylic acids is 2. The van der Waals surface area contributed by atoms with Crippen molar-refractivity contribution in [1.29, 1.82) is 0 Å². The van der Waals surface area contributed by atoms with Gasteiger partial charge < -0.3 is 10.2 Å². The van der Waals surface area contributed by atoms with Gasteiger partial charge in [0.2, 0.25) is 11.8 Å². The molecule has 9 heteroatoms. The maximum Gasteiger partial charge on any atom is 0.264 e. The number of nitrogens with one attached hydrogen (secondary N) is 1. The number of aryl methyl sites for hydroxylation is 3. The van der Waals surface area contributed by atoms with Crippen molar-refractivity contribution in [3.05, 3.63) is 130 Å². The van der Waals surface area contributed by atoms with Crippen LogP contribution in [0.2, 0.25) is 5.02 Å². The Kier molecular flexibility index (Phi) is 11.7. The zero-order valence-electron chi connectivity index (χ0n) is 27.0. The molecule has 0 fully saturated rings. The number of anilines is 1. The number of hydrogen-bond acceptors (Lipinski definition) is 4.